The van der Waals surface area contributed by atoms with Crippen LogP contribution in [0, 0.1) is 5.92 Å². The van der Waals surface area contributed by atoms with Gasteiger partial charge in [0.1, 0.15) is 5.17 Å². The third kappa shape index (κ3) is 2.10. The highest BCUT2D eigenvalue weighted by Gasteiger charge is 2.53. The van der Waals surface area contributed by atoms with Gasteiger partial charge in [0.2, 0.25) is 0 Å². The van der Waals surface area contributed by atoms with Gasteiger partial charge in [-0.15, -0.1) is 0 Å². The number of fused-ring (bicyclic) bond motifs is 1. The van der Waals surface area contributed by atoms with E-state index in [1.807, 2.05) is 0 Å². The van der Waals surface area contributed by atoms with Crippen molar-refractivity contribution in [2.45, 2.75) is 18.3 Å². The number of thioether (sulfide) groups is 1. The molecule has 15 heavy (non-hydrogen) atoms. The van der Waals surface area contributed by atoms with Crippen molar-refractivity contribution in [3.05, 3.63) is 0 Å². The van der Waals surface area contributed by atoms with Crippen LogP contribution in [0.2, 0.25) is 0 Å². The number of nitrogens with zero attached hydrogens (tertiary/aromatic N) is 1. The molecule has 0 aromatic heterocycles. The molecule has 2 saturated heterocycles. The fourth-order valence-corrected chi connectivity index (χ4v) is 2.87. The third-order valence-electron chi connectivity index (χ3n) is 2.52. The first-order chi connectivity index (χ1) is 7.02. The highest BCUT2D eigenvalue weighted by atomic mass is 32.2. The molecule has 0 aliphatic carbocycles. The van der Waals surface area contributed by atoms with Crippen molar-refractivity contribution in [3.63, 3.8) is 0 Å². The van der Waals surface area contributed by atoms with Gasteiger partial charge in [-0.1, -0.05) is 11.8 Å². The Balaban J connectivity index is 2.08. The lowest BCUT2D eigenvalue weighted by molar-refractivity contribution is -0.214. The molecule has 0 aromatic carbocycles. The number of hydrogen-bond acceptors (Lipinski definition) is 3. The molecule has 2 rings (SSSR count). The number of rotatable bonds is 0. The van der Waals surface area contributed by atoms with Crippen LogP contribution in [0.25, 0.3) is 0 Å². The van der Waals surface area contributed by atoms with Crippen molar-refractivity contribution in [2.75, 3.05) is 12.4 Å². The summed E-state index contributed by atoms with van der Waals surface area (Å²) < 4.78 is 42.2. The number of hydrogen-bond donors (Lipinski definition) is 1. The number of ether oxygens (including phenoxy) is 1. The van der Waals surface area contributed by atoms with E-state index in [2.05, 4.69) is 10.2 Å². The second-order valence-corrected chi connectivity index (χ2v) is 4.46. The van der Waals surface area contributed by atoms with E-state index in [1.54, 1.807) is 0 Å². The van der Waals surface area contributed by atoms with E-state index in [-0.39, 0.29) is 12.6 Å². The molecule has 3 atom stereocenters. The Morgan fingerprint density at radius 1 is 1.53 bits per heavy atom. The van der Waals surface area contributed by atoms with E-state index < -0.39 is 18.2 Å². The summed E-state index contributed by atoms with van der Waals surface area (Å²) in [4.78, 5) is 3.43. The van der Waals surface area contributed by atoms with Crippen LogP contribution in [-0.2, 0) is 4.74 Å². The van der Waals surface area contributed by atoms with Crippen LogP contribution in [0.3, 0.4) is 0 Å². The molecule has 0 spiro atoms. The normalized spacial score (nSPS) is 38.9. The van der Waals surface area contributed by atoms with Crippen LogP contribution < -0.4 is 5.32 Å². The van der Waals surface area contributed by atoms with Crippen LogP contribution in [0.1, 0.15) is 0 Å². The molecular weight excluding hydrogens is 228 g/mol. The highest BCUT2D eigenvalue weighted by Crippen LogP contribution is 2.38. The minimum absolute atomic E-state index is 0.0500. The zero-order valence-electron chi connectivity index (χ0n) is 7.62. The molecule has 0 amide bonds. The molecule has 0 aromatic rings. The van der Waals surface area contributed by atoms with Crippen molar-refractivity contribution in [1.29, 1.82) is 0 Å². The lowest BCUT2D eigenvalue weighted by Gasteiger charge is -2.29. The Morgan fingerprint density at radius 2 is 2.27 bits per heavy atom. The predicted molar refractivity (Wildman–Crippen MR) is 51.9 cm³/mol. The van der Waals surface area contributed by atoms with Crippen molar-refractivity contribution in [2.24, 2.45) is 10.8 Å². The Hall–Kier alpha value is -0.365. The Labute approximate surface area is 90.3 Å². The maximum Gasteiger partial charge on any atom is 0.415 e. The van der Waals surface area contributed by atoms with Gasteiger partial charge in [0.25, 0.3) is 7.98 Å². The van der Waals surface area contributed by atoms with Crippen LogP contribution >= 0.6 is 11.8 Å². The van der Waals surface area contributed by atoms with Gasteiger partial charge in [-0.2, -0.15) is 13.2 Å². The summed E-state index contributed by atoms with van der Waals surface area (Å²) in [6, 6.07) is -0.333. The molecule has 2 fully saturated rings. The molecule has 3 nitrogen and oxygen atoms in total. The average molecular weight is 236 g/mol. The third-order valence-corrected chi connectivity index (χ3v) is 3.57. The zero-order valence-corrected chi connectivity index (χ0v) is 8.44. The molecule has 8 heteroatoms. The van der Waals surface area contributed by atoms with Gasteiger partial charge in [-0.3, -0.25) is 0 Å². The zero-order chi connectivity index (χ0) is 11.1. The lowest BCUT2D eigenvalue weighted by atomic mass is 9.98. The quantitative estimate of drug-likeness (QED) is 0.629. The van der Waals surface area contributed by atoms with Crippen molar-refractivity contribution >= 4 is 24.9 Å². The van der Waals surface area contributed by atoms with Crippen molar-refractivity contribution < 1.29 is 17.9 Å². The van der Waals surface area contributed by atoms with Crippen LogP contribution in [0.4, 0.5) is 13.2 Å². The number of nitrogens with one attached hydrogen (secondary N) is 1. The molecule has 3 unspecified atom stereocenters. The molecule has 2 aliphatic rings. The van der Waals surface area contributed by atoms with E-state index in [9.17, 15) is 13.2 Å². The van der Waals surface area contributed by atoms with E-state index in [1.165, 1.54) is 11.8 Å². The van der Waals surface area contributed by atoms with Gasteiger partial charge in [-0.05, 0) is 0 Å². The Bertz CT molecular complexity index is 286. The summed E-state index contributed by atoms with van der Waals surface area (Å²) in [5, 5.41) is 3.30. The Morgan fingerprint density at radius 3 is 2.87 bits per heavy atom. The molecule has 2 aliphatic heterocycles. The van der Waals surface area contributed by atoms with Crippen molar-refractivity contribution in [1.82, 2.24) is 5.32 Å². The van der Waals surface area contributed by atoms with E-state index in [0.717, 1.165) is 0 Å². The van der Waals surface area contributed by atoms with E-state index in [4.69, 9.17) is 12.7 Å². The topological polar surface area (TPSA) is 33.6 Å². The summed E-state index contributed by atoms with van der Waals surface area (Å²) in [5.41, 5.74) is 0. The summed E-state index contributed by atoms with van der Waals surface area (Å²) in [6.45, 7) is 0.0500. The maximum atomic E-state index is 12.5. The number of halogens is 3. The first-order valence-corrected chi connectivity index (χ1v) is 5.36. The number of amidine groups is 1. The molecule has 2 heterocycles. The minimum atomic E-state index is -4.29. The number of alkyl halides is 3. The smallest absolute Gasteiger partial charge is 0.366 e. The molecule has 2 radical (unpaired) electrons. The van der Waals surface area contributed by atoms with Crippen LogP contribution in [0.5, 0.6) is 0 Å². The van der Waals surface area contributed by atoms with Gasteiger partial charge in [0, 0.05) is 11.7 Å². The SMILES string of the molecule is [B]N=C1NC2COC(C(F)(F)F)C2CS1. The van der Waals surface area contributed by atoms with Gasteiger partial charge in [0.05, 0.1) is 12.6 Å². The molecule has 82 valence electrons. The highest BCUT2D eigenvalue weighted by molar-refractivity contribution is 8.13. The molecule has 0 bridgehead atoms. The first kappa shape index (κ1) is 11.1. The van der Waals surface area contributed by atoms with E-state index >= 15 is 0 Å². The summed E-state index contributed by atoms with van der Waals surface area (Å²) >= 11 is 1.19. The lowest BCUT2D eigenvalue weighted by Crippen LogP contribution is -2.48. The average Bonchev–Trinajstić information content (AvgIpc) is 2.59. The summed E-state index contributed by atoms with van der Waals surface area (Å²) in [5.74, 6) is -0.224. The molecule has 1 N–H and O–H groups in total. The second kappa shape index (κ2) is 3.90. The monoisotopic (exact) mass is 236 g/mol. The largest absolute Gasteiger partial charge is 0.415 e. The van der Waals surface area contributed by atoms with Crippen LogP contribution in [0.15, 0.2) is 4.90 Å². The fraction of sp³-hybridized carbons (Fsp3) is 0.857. The summed E-state index contributed by atoms with van der Waals surface area (Å²) in [6.07, 6.45) is -5.96. The fourth-order valence-electron chi connectivity index (χ4n) is 1.80. The van der Waals surface area contributed by atoms with E-state index in [0.29, 0.717) is 10.9 Å². The standard InChI is InChI=1S/C7H8BF3N2OS/c8-13-6-12-4-1-14-5(7(9,10)11)3(4)2-15-6/h3-5H,1-2H2,(H,12,13). The Kier molecular flexibility index (Phi) is 2.89. The molecular formula is C7H8BF3N2OS. The minimum Gasteiger partial charge on any atom is -0.366 e. The second-order valence-electron chi connectivity index (χ2n) is 3.46. The van der Waals surface area contributed by atoms with Gasteiger partial charge < -0.3 is 15.0 Å². The molecule has 0 saturated carbocycles. The van der Waals surface area contributed by atoms with Gasteiger partial charge in [0.15, 0.2) is 6.10 Å². The van der Waals surface area contributed by atoms with Crippen molar-refractivity contribution in [3.8, 4) is 0 Å². The first-order valence-electron chi connectivity index (χ1n) is 4.38. The van der Waals surface area contributed by atoms with Gasteiger partial charge in [-0.25, -0.2) is 0 Å². The van der Waals surface area contributed by atoms with Gasteiger partial charge >= 0.3 is 6.18 Å². The predicted octanol–water partition coefficient (Wildman–Crippen LogP) is 0.708. The van der Waals surface area contributed by atoms with Crippen LogP contribution in [-0.4, -0.2) is 43.8 Å². The summed E-state index contributed by atoms with van der Waals surface area (Å²) in [7, 11) is 5.05. The maximum absolute atomic E-state index is 12.5.